The molecule has 31 heavy (non-hydrogen) atoms. The maximum absolute atomic E-state index is 13.5. The maximum atomic E-state index is 13.5. The molecule has 2 N–H and O–H groups in total. The van der Waals surface area contributed by atoms with Gasteiger partial charge in [-0.05, 0) is 48.9 Å². The highest BCUT2D eigenvalue weighted by Crippen LogP contribution is 2.46. The van der Waals surface area contributed by atoms with E-state index in [-0.39, 0.29) is 17.7 Å². The number of rotatable bonds is 4. The van der Waals surface area contributed by atoms with Crippen LogP contribution in [0.3, 0.4) is 0 Å². The number of para-hydroxylation sites is 2. The van der Waals surface area contributed by atoms with Crippen molar-refractivity contribution in [3.05, 3.63) is 83.5 Å². The molecule has 1 aromatic heterocycles. The topological polar surface area (TPSA) is 72.7 Å². The molecule has 0 spiro atoms. The second-order valence-corrected chi connectivity index (χ2v) is 7.79. The molecule has 0 bridgehead atoms. The van der Waals surface area contributed by atoms with Crippen molar-refractivity contribution in [1.29, 1.82) is 0 Å². The average molecular weight is 416 g/mol. The number of nitrogens with one attached hydrogen (secondary N) is 2. The zero-order valence-corrected chi connectivity index (χ0v) is 17.5. The van der Waals surface area contributed by atoms with Crippen molar-refractivity contribution in [1.82, 2.24) is 0 Å². The number of allylic oxidation sites excluding steroid dienone is 1. The van der Waals surface area contributed by atoms with E-state index in [0.29, 0.717) is 12.8 Å². The summed E-state index contributed by atoms with van der Waals surface area (Å²) in [7, 11) is 3.29. The molecular weight excluding hydrogens is 392 g/mol. The molecule has 158 valence electrons. The SMILES string of the molecule is COc1ccc(OC)c(C2CC(=O)C3=C(C2)Nc2ccccc2NC3c2ccco2)c1. The smallest absolute Gasteiger partial charge is 0.163 e. The number of ether oxygens (including phenoxy) is 2. The second-order valence-electron chi connectivity index (χ2n) is 7.79. The van der Waals surface area contributed by atoms with Crippen LogP contribution in [0.5, 0.6) is 11.5 Å². The number of carbonyl (C=O) groups excluding carboxylic acids is 1. The minimum atomic E-state index is -0.346. The van der Waals surface area contributed by atoms with Gasteiger partial charge >= 0.3 is 0 Å². The van der Waals surface area contributed by atoms with Crippen LogP contribution in [0.15, 0.2) is 76.5 Å². The molecule has 0 radical (unpaired) electrons. The number of furan rings is 1. The summed E-state index contributed by atoms with van der Waals surface area (Å²) in [5.41, 5.74) is 4.48. The lowest BCUT2D eigenvalue weighted by molar-refractivity contribution is -0.116. The Morgan fingerprint density at radius 2 is 1.81 bits per heavy atom. The number of benzene rings is 2. The Labute approximate surface area is 180 Å². The lowest BCUT2D eigenvalue weighted by atomic mass is 9.79. The zero-order chi connectivity index (χ0) is 21.4. The van der Waals surface area contributed by atoms with Crippen LogP contribution in [0.25, 0.3) is 0 Å². The molecule has 2 heterocycles. The van der Waals surface area contributed by atoms with Crippen molar-refractivity contribution in [3.63, 3.8) is 0 Å². The second kappa shape index (κ2) is 7.87. The van der Waals surface area contributed by atoms with Crippen molar-refractivity contribution >= 4 is 17.2 Å². The predicted octanol–water partition coefficient (Wildman–Crippen LogP) is 5.28. The Bertz CT molecular complexity index is 1150. The molecule has 3 aromatic rings. The van der Waals surface area contributed by atoms with Crippen LogP contribution in [0.2, 0.25) is 0 Å². The molecular formula is C25H24N2O4. The zero-order valence-electron chi connectivity index (χ0n) is 17.5. The molecule has 1 aliphatic carbocycles. The molecule has 2 aromatic carbocycles. The van der Waals surface area contributed by atoms with E-state index in [4.69, 9.17) is 13.9 Å². The summed E-state index contributed by atoms with van der Waals surface area (Å²) in [5, 5.41) is 7.04. The third-order valence-corrected chi connectivity index (χ3v) is 6.01. The third-order valence-electron chi connectivity index (χ3n) is 6.01. The summed E-state index contributed by atoms with van der Waals surface area (Å²) >= 11 is 0. The number of fused-ring (bicyclic) bond motifs is 1. The molecule has 2 atom stereocenters. The van der Waals surface area contributed by atoms with Gasteiger partial charge in [0.2, 0.25) is 0 Å². The van der Waals surface area contributed by atoms with E-state index >= 15 is 0 Å². The van der Waals surface area contributed by atoms with E-state index in [1.165, 1.54) is 0 Å². The van der Waals surface area contributed by atoms with Gasteiger partial charge in [-0.2, -0.15) is 0 Å². The first-order chi connectivity index (χ1) is 15.2. The first kappa shape index (κ1) is 19.3. The fourth-order valence-corrected chi connectivity index (χ4v) is 4.54. The fraction of sp³-hybridized carbons (Fsp3) is 0.240. The van der Waals surface area contributed by atoms with Crippen LogP contribution in [0, 0.1) is 0 Å². The number of carbonyl (C=O) groups is 1. The van der Waals surface area contributed by atoms with Crippen molar-refractivity contribution < 1.29 is 18.7 Å². The number of Topliss-reactive ketones (excluding diaryl/α,β-unsaturated/α-hetero) is 1. The summed E-state index contributed by atoms with van der Waals surface area (Å²) in [5.74, 6) is 2.29. The Balaban J connectivity index is 1.60. The quantitative estimate of drug-likeness (QED) is 0.603. The van der Waals surface area contributed by atoms with Gasteiger partial charge in [-0.15, -0.1) is 0 Å². The van der Waals surface area contributed by atoms with Gasteiger partial charge < -0.3 is 24.5 Å². The first-order valence-electron chi connectivity index (χ1n) is 10.3. The number of hydrogen-bond donors (Lipinski definition) is 2. The minimum Gasteiger partial charge on any atom is -0.497 e. The van der Waals surface area contributed by atoms with Crippen LogP contribution in [-0.4, -0.2) is 20.0 Å². The molecule has 0 saturated carbocycles. The van der Waals surface area contributed by atoms with Crippen molar-refractivity contribution in [3.8, 4) is 11.5 Å². The van der Waals surface area contributed by atoms with Gasteiger partial charge in [-0.25, -0.2) is 0 Å². The van der Waals surface area contributed by atoms with Gasteiger partial charge in [0.1, 0.15) is 23.3 Å². The van der Waals surface area contributed by atoms with Gasteiger partial charge in [-0.3, -0.25) is 4.79 Å². The van der Waals surface area contributed by atoms with Crippen molar-refractivity contribution in [2.45, 2.75) is 24.8 Å². The van der Waals surface area contributed by atoms with Crippen LogP contribution < -0.4 is 20.1 Å². The molecule has 0 amide bonds. The third kappa shape index (κ3) is 3.44. The van der Waals surface area contributed by atoms with Gasteiger partial charge in [0, 0.05) is 29.2 Å². The van der Waals surface area contributed by atoms with Crippen molar-refractivity contribution in [2.24, 2.45) is 0 Å². The Morgan fingerprint density at radius 1 is 0.968 bits per heavy atom. The lowest BCUT2D eigenvalue weighted by Gasteiger charge is -2.29. The van der Waals surface area contributed by atoms with E-state index in [1.54, 1.807) is 20.5 Å². The number of anilines is 2. The molecule has 0 fully saturated rings. The van der Waals surface area contributed by atoms with E-state index in [2.05, 4.69) is 10.6 Å². The van der Waals surface area contributed by atoms with Crippen LogP contribution in [0.4, 0.5) is 11.4 Å². The summed E-state index contributed by atoms with van der Waals surface area (Å²) in [6, 6.07) is 17.1. The molecule has 6 nitrogen and oxygen atoms in total. The largest absolute Gasteiger partial charge is 0.497 e. The molecule has 2 aliphatic rings. The van der Waals surface area contributed by atoms with E-state index < -0.39 is 0 Å². The highest BCUT2D eigenvalue weighted by atomic mass is 16.5. The Kier molecular flexibility index (Phi) is 4.90. The molecule has 1 aliphatic heterocycles. The summed E-state index contributed by atoms with van der Waals surface area (Å²) in [4.78, 5) is 13.5. The normalized spacial score (nSPS) is 20.1. The van der Waals surface area contributed by atoms with Gasteiger partial charge in [0.15, 0.2) is 5.78 Å². The van der Waals surface area contributed by atoms with Crippen LogP contribution in [-0.2, 0) is 4.79 Å². The number of methoxy groups -OCH3 is 2. The fourth-order valence-electron chi connectivity index (χ4n) is 4.54. The number of ketones is 1. The van der Waals surface area contributed by atoms with Crippen LogP contribution >= 0.6 is 0 Å². The Morgan fingerprint density at radius 3 is 2.55 bits per heavy atom. The summed E-state index contributed by atoms with van der Waals surface area (Å²) in [6.45, 7) is 0. The van der Waals surface area contributed by atoms with Gasteiger partial charge in [-0.1, -0.05) is 12.1 Å². The monoisotopic (exact) mass is 416 g/mol. The number of hydrogen-bond acceptors (Lipinski definition) is 6. The first-order valence-corrected chi connectivity index (χ1v) is 10.3. The molecule has 0 saturated heterocycles. The molecule has 6 heteroatoms. The van der Waals surface area contributed by atoms with Crippen LogP contribution in [0.1, 0.15) is 36.1 Å². The van der Waals surface area contributed by atoms with Gasteiger partial charge in [0.05, 0.1) is 31.9 Å². The average Bonchev–Trinajstić information content (AvgIpc) is 3.27. The Hall–Kier alpha value is -3.67. The van der Waals surface area contributed by atoms with E-state index in [9.17, 15) is 4.79 Å². The predicted molar refractivity (Wildman–Crippen MR) is 119 cm³/mol. The molecule has 2 unspecified atom stereocenters. The maximum Gasteiger partial charge on any atom is 0.163 e. The van der Waals surface area contributed by atoms with E-state index in [1.807, 2.05) is 54.6 Å². The standard InChI is InChI=1S/C25H24N2O4/c1-29-16-9-10-22(30-2)17(14-16)15-12-20-24(21(28)13-15)25(23-8-5-11-31-23)27-19-7-4-3-6-18(19)26-20/h3-11,14-15,25-27H,12-13H2,1-2H3. The van der Waals surface area contributed by atoms with Crippen molar-refractivity contribution in [2.75, 3.05) is 24.9 Å². The summed E-state index contributed by atoms with van der Waals surface area (Å²) in [6.07, 6.45) is 2.70. The molecule has 5 rings (SSSR count). The lowest BCUT2D eigenvalue weighted by Crippen LogP contribution is -2.26. The van der Waals surface area contributed by atoms with Gasteiger partial charge in [0.25, 0.3) is 0 Å². The van der Waals surface area contributed by atoms with E-state index in [0.717, 1.165) is 45.5 Å². The minimum absolute atomic E-state index is 0.0219. The summed E-state index contributed by atoms with van der Waals surface area (Å²) < 4.78 is 16.7. The highest BCUT2D eigenvalue weighted by Gasteiger charge is 2.37. The highest BCUT2D eigenvalue weighted by molar-refractivity contribution is 6.01.